The second-order valence-electron chi connectivity index (χ2n) is 9.20. The molecular weight excluding hydrogens is 522 g/mol. The Bertz CT molecular complexity index is 1720. The van der Waals surface area contributed by atoms with Gasteiger partial charge in [-0.15, -0.1) is 11.8 Å². The van der Waals surface area contributed by atoms with E-state index in [9.17, 15) is 19.7 Å². The molecule has 2 N–H and O–H groups in total. The van der Waals surface area contributed by atoms with E-state index in [0.717, 1.165) is 21.2 Å². The number of anilines is 2. The average Bonchev–Trinajstić information content (AvgIpc) is 2.97. The SMILES string of the molecule is Cc1ccc([N+](=O)[O-])cc1NC(=O)C(Sc1cccc(NC(=O)c2ccc3ccccc3c2)c1)c1ccccc1. The van der Waals surface area contributed by atoms with Crippen molar-refractivity contribution in [1.82, 2.24) is 0 Å². The smallest absolute Gasteiger partial charge is 0.271 e. The Hall–Kier alpha value is -4.95. The predicted molar refractivity (Wildman–Crippen MR) is 160 cm³/mol. The third kappa shape index (κ3) is 6.19. The number of thioether (sulfide) groups is 1. The van der Waals surface area contributed by atoms with Gasteiger partial charge in [-0.1, -0.05) is 72.8 Å². The lowest BCUT2D eigenvalue weighted by molar-refractivity contribution is -0.384. The van der Waals surface area contributed by atoms with Gasteiger partial charge in [-0.25, -0.2) is 0 Å². The number of carbonyl (C=O) groups excluding carboxylic acids is 2. The number of nitrogens with one attached hydrogen (secondary N) is 2. The first-order chi connectivity index (χ1) is 19.4. The third-order valence-corrected chi connectivity index (χ3v) is 7.64. The van der Waals surface area contributed by atoms with Gasteiger partial charge < -0.3 is 10.6 Å². The topological polar surface area (TPSA) is 101 Å². The first kappa shape index (κ1) is 26.6. The fraction of sp³-hybridized carbons (Fsp3) is 0.0625. The molecule has 8 heteroatoms. The van der Waals surface area contributed by atoms with Crippen LogP contribution in [0.5, 0.6) is 0 Å². The van der Waals surface area contributed by atoms with Crippen LogP contribution in [0, 0.1) is 17.0 Å². The van der Waals surface area contributed by atoms with Crippen molar-refractivity contribution in [1.29, 1.82) is 0 Å². The molecule has 0 aliphatic rings. The zero-order valence-corrected chi connectivity index (χ0v) is 22.4. The molecule has 0 saturated heterocycles. The van der Waals surface area contributed by atoms with Crippen LogP contribution in [0.15, 0.2) is 120 Å². The summed E-state index contributed by atoms with van der Waals surface area (Å²) in [5, 5.41) is 18.5. The monoisotopic (exact) mass is 547 g/mol. The van der Waals surface area contributed by atoms with E-state index in [1.807, 2.05) is 84.9 Å². The predicted octanol–water partition coefficient (Wildman–Crippen LogP) is 7.78. The standard InChI is InChI=1S/C32H25N3O4S/c1-21-14-17-27(35(38)39)20-29(21)34-32(37)30(23-9-3-2-4-10-23)40-28-13-7-12-26(19-28)33-31(36)25-16-15-22-8-5-6-11-24(22)18-25/h2-20,30H,1H3,(H,33,36)(H,34,37). The summed E-state index contributed by atoms with van der Waals surface area (Å²) in [6.45, 7) is 1.78. The van der Waals surface area contributed by atoms with Crippen LogP contribution in [0.3, 0.4) is 0 Å². The molecule has 0 spiro atoms. The Morgan fingerprint density at radius 1 is 0.775 bits per heavy atom. The highest BCUT2D eigenvalue weighted by Crippen LogP contribution is 2.37. The quantitative estimate of drug-likeness (QED) is 0.117. The van der Waals surface area contributed by atoms with Crippen molar-refractivity contribution in [3.8, 4) is 0 Å². The van der Waals surface area contributed by atoms with Crippen LogP contribution in [-0.4, -0.2) is 16.7 Å². The van der Waals surface area contributed by atoms with Gasteiger partial charge in [0, 0.05) is 28.3 Å². The summed E-state index contributed by atoms with van der Waals surface area (Å²) >= 11 is 1.33. The maximum absolute atomic E-state index is 13.5. The van der Waals surface area contributed by atoms with Gasteiger partial charge in [0.2, 0.25) is 5.91 Å². The molecule has 198 valence electrons. The van der Waals surface area contributed by atoms with Crippen molar-refractivity contribution in [2.75, 3.05) is 10.6 Å². The van der Waals surface area contributed by atoms with Gasteiger partial charge in [-0.2, -0.15) is 0 Å². The lowest BCUT2D eigenvalue weighted by Gasteiger charge is -2.18. The van der Waals surface area contributed by atoms with Crippen LogP contribution < -0.4 is 10.6 Å². The minimum Gasteiger partial charge on any atom is -0.324 e. The molecule has 0 radical (unpaired) electrons. The first-order valence-electron chi connectivity index (χ1n) is 12.5. The van der Waals surface area contributed by atoms with E-state index in [2.05, 4.69) is 10.6 Å². The molecule has 0 fully saturated rings. The zero-order valence-electron chi connectivity index (χ0n) is 21.5. The third-order valence-electron chi connectivity index (χ3n) is 6.39. The molecule has 0 aliphatic carbocycles. The molecule has 0 aromatic heterocycles. The largest absolute Gasteiger partial charge is 0.324 e. The molecule has 0 heterocycles. The number of hydrogen-bond donors (Lipinski definition) is 2. The van der Waals surface area contributed by atoms with Crippen molar-refractivity contribution >= 4 is 51.4 Å². The number of nitrogens with zero attached hydrogens (tertiary/aromatic N) is 1. The second-order valence-corrected chi connectivity index (χ2v) is 10.4. The number of fused-ring (bicyclic) bond motifs is 1. The summed E-state index contributed by atoms with van der Waals surface area (Å²) < 4.78 is 0. The highest BCUT2D eigenvalue weighted by molar-refractivity contribution is 8.00. The second kappa shape index (κ2) is 11.8. The Morgan fingerprint density at radius 2 is 1.52 bits per heavy atom. The Morgan fingerprint density at radius 3 is 2.30 bits per heavy atom. The number of hydrogen-bond acceptors (Lipinski definition) is 5. The number of amides is 2. The normalized spacial score (nSPS) is 11.5. The summed E-state index contributed by atoms with van der Waals surface area (Å²) in [5.41, 5.74) is 2.93. The maximum Gasteiger partial charge on any atom is 0.271 e. The fourth-order valence-electron chi connectivity index (χ4n) is 4.27. The van der Waals surface area contributed by atoms with Crippen molar-refractivity contribution in [3.05, 3.63) is 142 Å². The minimum absolute atomic E-state index is 0.0975. The molecule has 2 amide bonds. The van der Waals surface area contributed by atoms with Gasteiger partial charge in [0.05, 0.1) is 10.6 Å². The Kier molecular flexibility index (Phi) is 7.89. The number of carbonyl (C=O) groups is 2. The molecule has 0 saturated carbocycles. The van der Waals surface area contributed by atoms with Gasteiger partial charge in [0.1, 0.15) is 5.25 Å². The van der Waals surface area contributed by atoms with E-state index < -0.39 is 10.2 Å². The van der Waals surface area contributed by atoms with Gasteiger partial charge >= 0.3 is 0 Å². The van der Waals surface area contributed by atoms with Gasteiger partial charge in [-0.3, -0.25) is 19.7 Å². The van der Waals surface area contributed by atoms with E-state index in [1.54, 1.807) is 25.1 Å². The van der Waals surface area contributed by atoms with Crippen LogP contribution in [0.2, 0.25) is 0 Å². The molecule has 1 atom stereocenters. The maximum atomic E-state index is 13.5. The van der Waals surface area contributed by atoms with Crippen LogP contribution in [0.25, 0.3) is 10.8 Å². The number of rotatable bonds is 8. The Labute approximate surface area is 235 Å². The number of nitro benzene ring substituents is 1. The fourth-order valence-corrected chi connectivity index (χ4v) is 5.36. The van der Waals surface area contributed by atoms with E-state index in [-0.39, 0.29) is 17.5 Å². The number of non-ortho nitro benzene ring substituents is 1. The van der Waals surface area contributed by atoms with Crippen LogP contribution in [-0.2, 0) is 4.79 Å². The number of benzene rings is 5. The van der Waals surface area contributed by atoms with E-state index in [0.29, 0.717) is 22.5 Å². The van der Waals surface area contributed by atoms with Gasteiger partial charge in [0.25, 0.3) is 11.6 Å². The highest BCUT2D eigenvalue weighted by Gasteiger charge is 2.24. The highest BCUT2D eigenvalue weighted by atomic mass is 32.2. The summed E-state index contributed by atoms with van der Waals surface area (Å²) in [6, 6.07) is 34.4. The molecule has 5 aromatic rings. The van der Waals surface area contributed by atoms with Crippen molar-refractivity contribution in [2.45, 2.75) is 17.1 Å². The summed E-state index contributed by atoms with van der Waals surface area (Å²) in [5.74, 6) is -0.545. The molecule has 5 rings (SSSR count). The molecule has 0 bridgehead atoms. The summed E-state index contributed by atoms with van der Waals surface area (Å²) in [6.07, 6.45) is 0. The molecule has 1 unspecified atom stereocenters. The lowest BCUT2D eigenvalue weighted by Crippen LogP contribution is -2.19. The summed E-state index contributed by atoms with van der Waals surface area (Å²) in [7, 11) is 0. The van der Waals surface area contributed by atoms with Crippen molar-refractivity contribution < 1.29 is 14.5 Å². The average molecular weight is 548 g/mol. The van der Waals surface area contributed by atoms with Gasteiger partial charge in [-0.05, 0) is 59.2 Å². The lowest BCUT2D eigenvalue weighted by atomic mass is 10.1. The van der Waals surface area contributed by atoms with Crippen molar-refractivity contribution in [3.63, 3.8) is 0 Å². The number of aryl methyl sites for hydroxylation is 1. The first-order valence-corrected chi connectivity index (χ1v) is 13.4. The van der Waals surface area contributed by atoms with Crippen LogP contribution in [0.1, 0.15) is 26.7 Å². The van der Waals surface area contributed by atoms with E-state index in [1.165, 1.54) is 23.9 Å². The number of nitro groups is 1. The zero-order chi connectivity index (χ0) is 28.1. The molecule has 40 heavy (non-hydrogen) atoms. The van der Waals surface area contributed by atoms with Crippen LogP contribution >= 0.6 is 11.8 Å². The van der Waals surface area contributed by atoms with Crippen molar-refractivity contribution in [2.24, 2.45) is 0 Å². The van der Waals surface area contributed by atoms with Crippen LogP contribution in [0.4, 0.5) is 17.1 Å². The minimum atomic E-state index is -0.647. The van der Waals surface area contributed by atoms with Gasteiger partial charge in [0.15, 0.2) is 0 Å². The molecule has 7 nitrogen and oxygen atoms in total. The Balaban J connectivity index is 1.37. The summed E-state index contributed by atoms with van der Waals surface area (Å²) in [4.78, 5) is 38.1. The molecule has 5 aromatic carbocycles. The van der Waals surface area contributed by atoms with E-state index >= 15 is 0 Å². The molecule has 0 aliphatic heterocycles. The molecular formula is C32H25N3O4S. The van der Waals surface area contributed by atoms with E-state index in [4.69, 9.17) is 0 Å².